The van der Waals surface area contributed by atoms with Crippen molar-refractivity contribution in [1.29, 1.82) is 0 Å². The first-order chi connectivity index (χ1) is 7.61. The number of amides is 2. The fraction of sp³-hybridized carbons (Fsp3) is 0.333. The average molecular weight is 218 g/mol. The zero-order valence-corrected chi connectivity index (χ0v) is 8.85. The highest BCUT2D eigenvalue weighted by Crippen LogP contribution is 2.38. The lowest BCUT2D eigenvalue weighted by Crippen LogP contribution is -2.31. The lowest BCUT2D eigenvalue weighted by Gasteiger charge is -2.28. The zero-order valence-electron chi connectivity index (χ0n) is 8.85. The summed E-state index contributed by atoms with van der Waals surface area (Å²) in [4.78, 5) is 22.6. The highest BCUT2D eigenvalue weighted by atomic mass is 16.1. The maximum Gasteiger partial charge on any atom is 0.224 e. The Labute approximate surface area is 93.6 Å². The Balaban J connectivity index is 2.48. The van der Waals surface area contributed by atoms with E-state index >= 15 is 0 Å². The van der Waals surface area contributed by atoms with Crippen LogP contribution in [0.4, 0.5) is 0 Å². The van der Waals surface area contributed by atoms with Gasteiger partial charge in [0.2, 0.25) is 11.8 Å². The van der Waals surface area contributed by atoms with E-state index in [1.807, 2.05) is 24.3 Å². The van der Waals surface area contributed by atoms with Crippen molar-refractivity contribution in [2.45, 2.75) is 24.7 Å². The van der Waals surface area contributed by atoms with E-state index in [0.717, 1.165) is 11.1 Å². The third kappa shape index (κ3) is 1.66. The topological polar surface area (TPSA) is 86.2 Å². The van der Waals surface area contributed by atoms with Crippen LogP contribution in [0.3, 0.4) is 0 Å². The van der Waals surface area contributed by atoms with Gasteiger partial charge in [-0.2, -0.15) is 0 Å². The normalized spacial score (nSPS) is 23.5. The van der Waals surface area contributed by atoms with E-state index < -0.39 is 0 Å². The molecule has 0 spiro atoms. The highest BCUT2D eigenvalue weighted by Gasteiger charge is 2.32. The molecule has 0 aliphatic heterocycles. The van der Waals surface area contributed by atoms with Crippen LogP contribution in [-0.4, -0.2) is 11.8 Å². The van der Waals surface area contributed by atoms with Crippen molar-refractivity contribution in [2.24, 2.45) is 11.5 Å². The van der Waals surface area contributed by atoms with Gasteiger partial charge in [-0.25, -0.2) is 0 Å². The number of carbonyl (C=O) groups excluding carboxylic acids is 2. The molecular formula is C12H14N2O2. The molecule has 0 radical (unpaired) electrons. The molecule has 0 fully saturated rings. The van der Waals surface area contributed by atoms with Gasteiger partial charge in [0.25, 0.3) is 0 Å². The van der Waals surface area contributed by atoms with Gasteiger partial charge in [0.1, 0.15) is 0 Å². The van der Waals surface area contributed by atoms with E-state index in [0.29, 0.717) is 12.8 Å². The van der Waals surface area contributed by atoms with Crippen LogP contribution < -0.4 is 11.5 Å². The van der Waals surface area contributed by atoms with Crippen LogP contribution in [0.1, 0.15) is 35.8 Å². The maximum absolute atomic E-state index is 11.3. The van der Waals surface area contributed by atoms with Crippen molar-refractivity contribution in [3.05, 3.63) is 35.4 Å². The molecular weight excluding hydrogens is 204 g/mol. The molecule has 84 valence electrons. The minimum atomic E-state index is -0.338. The molecule has 4 heteroatoms. The molecule has 4 N–H and O–H groups in total. The first-order valence-electron chi connectivity index (χ1n) is 5.28. The van der Waals surface area contributed by atoms with Crippen molar-refractivity contribution in [1.82, 2.24) is 0 Å². The van der Waals surface area contributed by atoms with E-state index in [-0.39, 0.29) is 23.7 Å². The van der Waals surface area contributed by atoms with Gasteiger partial charge < -0.3 is 11.5 Å². The molecule has 0 saturated carbocycles. The third-order valence-electron chi connectivity index (χ3n) is 3.18. The van der Waals surface area contributed by atoms with E-state index in [9.17, 15) is 9.59 Å². The second-order valence-corrected chi connectivity index (χ2v) is 4.12. The summed E-state index contributed by atoms with van der Waals surface area (Å²) in [5.41, 5.74) is 12.4. The number of carbonyl (C=O) groups is 2. The number of hydrogen-bond acceptors (Lipinski definition) is 2. The predicted molar refractivity (Wildman–Crippen MR) is 59.5 cm³/mol. The van der Waals surface area contributed by atoms with E-state index in [2.05, 4.69) is 0 Å². The van der Waals surface area contributed by atoms with Gasteiger partial charge in [-0.3, -0.25) is 9.59 Å². The highest BCUT2D eigenvalue weighted by molar-refractivity contribution is 5.87. The Hall–Kier alpha value is -1.84. The number of nitrogens with two attached hydrogens (primary N) is 2. The van der Waals surface area contributed by atoms with Crippen molar-refractivity contribution in [2.75, 3.05) is 0 Å². The number of benzene rings is 1. The summed E-state index contributed by atoms with van der Waals surface area (Å²) >= 11 is 0. The van der Waals surface area contributed by atoms with Gasteiger partial charge in [0, 0.05) is 0 Å². The quantitative estimate of drug-likeness (QED) is 0.762. The summed E-state index contributed by atoms with van der Waals surface area (Å²) in [6, 6.07) is 7.38. The number of primary amides is 2. The van der Waals surface area contributed by atoms with E-state index in [4.69, 9.17) is 11.5 Å². The van der Waals surface area contributed by atoms with Gasteiger partial charge in [0.15, 0.2) is 0 Å². The first kappa shape index (κ1) is 10.7. The molecule has 2 atom stereocenters. The Morgan fingerprint density at radius 3 is 1.62 bits per heavy atom. The summed E-state index contributed by atoms with van der Waals surface area (Å²) in [5.74, 6) is -1.25. The fourth-order valence-corrected chi connectivity index (χ4v) is 2.38. The Bertz CT molecular complexity index is 401. The SMILES string of the molecule is NC(=O)C1CCC(C(N)=O)c2ccccc21. The summed E-state index contributed by atoms with van der Waals surface area (Å²) in [5, 5.41) is 0. The molecule has 0 aromatic heterocycles. The van der Waals surface area contributed by atoms with Crippen LogP contribution in [-0.2, 0) is 9.59 Å². The monoisotopic (exact) mass is 218 g/mol. The molecule has 0 heterocycles. The minimum Gasteiger partial charge on any atom is -0.369 e. The second kappa shape index (κ2) is 3.96. The van der Waals surface area contributed by atoms with E-state index in [1.54, 1.807) is 0 Å². The Morgan fingerprint density at radius 1 is 0.938 bits per heavy atom. The zero-order chi connectivity index (χ0) is 11.7. The Morgan fingerprint density at radius 2 is 1.31 bits per heavy atom. The lowest BCUT2D eigenvalue weighted by atomic mass is 9.76. The van der Waals surface area contributed by atoms with Gasteiger partial charge in [-0.15, -0.1) is 0 Å². The number of fused-ring (bicyclic) bond motifs is 1. The molecule has 16 heavy (non-hydrogen) atoms. The number of rotatable bonds is 2. The molecule has 0 saturated heterocycles. The van der Waals surface area contributed by atoms with Gasteiger partial charge >= 0.3 is 0 Å². The Kier molecular flexibility index (Phi) is 2.64. The predicted octanol–water partition coefficient (Wildman–Crippen LogP) is 0.618. The van der Waals surface area contributed by atoms with Crippen LogP contribution in [0.15, 0.2) is 24.3 Å². The van der Waals surface area contributed by atoms with E-state index in [1.165, 1.54) is 0 Å². The fourth-order valence-electron chi connectivity index (χ4n) is 2.38. The summed E-state index contributed by atoms with van der Waals surface area (Å²) in [6.07, 6.45) is 1.19. The standard InChI is InChI=1S/C12H14N2O2/c13-11(15)9-5-6-10(12(14)16)8-4-2-1-3-7(8)9/h1-4,9-10H,5-6H2,(H2,13,15)(H2,14,16). The van der Waals surface area contributed by atoms with Crippen molar-refractivity contribution in [3.63, 3.8) is 0 Å². The molecule has 2 unspecified atom stereocenters. The molecule has 4 nitrogen and oxygen atoms in total. The van der Waals surface area contributed by atoms with Crippen LogP contribution in [0.2, 0.25) is 0 Å². The van der Waals surface area contributed by atoms with Crippen molar-refractivity contribution < 1.29 is 9.59 Å². The maximum atomic E-state index is 11.3. The van der Waals surface area contributed by atoms with Crippen LogP contribution in [0.25, 0.3) is 0 Å². The number of hydrogen-bond donors (Lipinski definition) is 2. The summed E-state index contributed by atoms with van der Waals surface area (Å²) in [6.45, 7) is 0. The molecule has 1 aromatic carbocycles. The van der Waals surface area contributed by atoms with Crippen LogP contribution in [0, 0.1) is 0 Å². The summed E-state index contributed by atoms with van der Waals surface area (Å²) in [7, 11) is 0. The van der Waals surface area contributed by atoms with Crippen LogP contribution in [0.5, 0.6) is 0 Å². The third-order valence-corrected chi connectivity index (χ3v) is 3.18. The largest absolute Gasteiger partial charge is 0.369 e. The molecule has 1 aliphatic carbocycles. The van der Waals surface area contributed by atoms with Crippen LogP contribution >= 0.6 is 0 Å². The van der Waals surface area contributed by atoms with Crippen molar-refractivity contribution in [3.8, 4) is 0 Å². The molecule has 1 aromatic rings. The molecule has 1 aliphatic rings. The lowest BCUT2D eigenvalue weighted by molar-refractivity contribution is -0.122. The molecule has 2 amide bonds. The summed E-state index contributed by atoms with van der Waals surface area (Å²) < 4.78 is 0. The second-order valence-electron chi connectivity index (χ2n) is 4.12. The molecule has 2 rings (SSSR count). The average Bonchev–Trinajstić information content (AvgIpc) is 2.27. The van der Waals surface area contributed by atoms with Crippen molar-refractivity contribution >= 4 is 11.8 Å². The smallest absolute Gasteiger partial charge is 0.224 e. The van der Waals surface area contributed by atoms with Gasteiger partial charge in [0.05, 0.1) is 11.8 Å². The van der Waals surface area contributed by atoms with Gasteiger partial charge in [-0.1, -0.05) is 24.3 Å². The first-order valence-corrected chi connectivity index (χ1v) is 5.28. The minimum absolute atomic E-state index is 0.285. The van der Waals surface area contributed by atoms with Gasteiger partial charge in [-0.05, 0) is 24.0 Å². The molecule has 0 bridgehead atoms.